The minimum Gasteiger partial charge on any atom is -0.394 e. The summed E-state index contributed by atoms with van der Waals surface area (Å²) >= 11 is 0. The van der Waals surface area contributed by atoms with Crippen LogP contribution in [-0.4, -0.2) is 140 Å². The summed E-state index contributed by atoms with van der Waals surface area (Å²) in [5.74, 6) is -0.271. The highest BCUT2D eigenvalue weighted by atomic mass is 16.7. The van der Waals surface area contributed by atoms with Gasteiger partial charge in [0.1, 0.15) is 48.8 Å². The van der Waals surface area contributed by atoms with Gasteiger partial charge in [0.15, 0.2) is 12.6 Å². The van der Waals surface area contributed by atoms with Crippen molar-refractivity contribution in [3.63, 3.8) is 0 Å². The van der Waals surface area contributed by atoms with Gasteiger partial charge in [0, 0.05) is 6.42 Å². The molecule has 2 rings (SSSR count). The Hall–Kier alpha value is -3.35. The fourth-order valence-corrected chi connectivity index (χ4v) is 7.92. The quantitative estimate of drug-likeness (QED) is 0.0213. The Kier molecular flexibility index (Phi) is 37.8. The van der Waals surface area contributed by atoms with Crippen molar-refractivity contribution in [2.75, 3.05) is 19.8 Å². The van der Waals surface area contributed by atoms with Crippen LogP contribution in [0.1, 0.15) is 149 Å². The maximum absolute atomic E-state index is 13.2. The van der Waals surface area contributed by atoms with Gasteiger partial charge in [-0.25, -0.2) is 0 Å². The Morgan fingerprint density at radius 2 is 0.944 bits per heavy atom. The lowest BCUT2D eigenvalue weighted by atomic mass is 9.97. The number of rotatable bonds is 39. The Labute approximate surface area is 425 Å². The molecule has 0 aromatic heterocycles. The predicted octanol–water partition coefficient (Wildman–Crippen LogP) is 7.71. The fraction of sp³-hybridized carbons (Fsp3) is 0.667. The second kappa shape index (κ2) is 42.1. The van der Waals surface area contributed by atoms with Crippen LogP contribution < -0.4 is 5.32 Å². The number of hydrogen-bond acceptors (Lipinski definition) is 13. The van der Waals surface area contributed by atoms with E-state index in [1.165, 1.54) is 19.3 Å². The molecule has 404 valence electrons. The molecule has 14 nitrogen and oxygen atoms in total. The average Bonchev–Trinajstić information content (AvgIpc) is 3.37. The Morgan fingerprint density at radius 3 is 1.49 bits per heavy atom. The number of allylic oxidation sites excluding steroid dienone is 17. The second-order valence-electron chi connectivity index (χ2n) is 18.2. The first kappa shape index (κ1) is 63.8. The number of aliphatic hydroxyl groups is 8. The molecule has 9 N–H and O–H groups in total. The number of nitrogens with one attached hydrogen (secondary N) is 1. The molecule has 12 unspecified atom stereocenters. The highest BCUT2D eigenvalue weighted by Gasteiger charge is 2.51. The maximum atomic E-state index is 13.2. The van der Waals surface area contributed by atoms with E-state index in [0.717, 1.165) is 96.3 Å². The van der Waals surface area contributed by atoms with E-state index in [0.29, 0.717) is 12.8 Å². The van der Waals surface area contributed by atoms with Crippen molar-refractivity contribution in [3.05, 3.63) is 109 Å². The molecular weight excluding hydrogens is 907 g/mol. The summed E-state index contributed by atoms with van der Waals surface area (Å²) in [6.07, 6.45) is 41.5. The van der Waals surface area contributed by atoms with Crippen molar-refractivity contribution >= 4 is 5.91 Å². The van der Waals surface area contributed by atoms with E-state index in [4.69, 9.17) is 18.9 Å². The van der Waals surface area contributed by atoms with Crippen molar-refractivity contribution in [2.45, 2.75) is 222 Å². The van der Waals surface area contributed by atoms with Gasteiger partial charge in [0.05, 0.1) is 32.0 Å². The largest absolute Gasteiger partial charge is 0.394 e. The van der Waals surface area contributed by atoms with Gasteiger partial charge in [-0.1, -0.05) is 162 Å². The summed E-state index contributed by atoms with van der Waals surface area (Å²) in [6.45, 7) is 2.48. The number of carbonyl (C=O) groups excluding carboxylic acids is 1. The summed E-state index contributed by atoms with van der Waals surface area (Å²) in [6, 6.07) is -0.948. The SMILES string of the molecule is CC/C=C\C/C=C\C/C=C\C/C=C\C/C=C\C/C=C\CCCCCCCCCCC(=O)NC(COC1OC(CO)C(OC2OC(CO)C(O)C(O)C2O)C(O)C1O)C(O)/C=C/CC/C=C/CC/C=C/CC. The molecule has 2 aliphatic rings. The van der Waals surface area contributed by atoms with Crippen molar-refractivity contribution < 1.29 is 64.6 Å². The van der Waals surface area contributed by atoms with E-state index >= 15 is 0 Å². The van der Waals surface area contributed by atoms with E-state index in [9.17, 15) is 45.6 Å². The lowest BCUT2D eigenvalue weighted by molar-refractivity contribution is -0.359. The van der Waals surface area contributed by atoms with Crippen molar-refractivity contribution in [1.82, 2.24) is 5.32 Å². The first-order valence-corrected chi connectivity index (χ1v) is 26.6. The zero-order valence-electron chi connectivity index (χ0n) is 42.9. The third-order valence-corrected chi connectivity index (χ3v) is 12.2. The number of carbonyl (C=O) groups is 1. The zero-order chi connectivity index (χ0) is 51.7. The van der Waals surface area contributed by atoms with Crippen molar-refractivity contribution in [3.8, 4) is 0 Å². The van der Waals surface area contributed by atoms with Crippen molar-refractivity contribution in [2.24, 2.45) is 0 Å². The zero-order valence-corrected chi connectivity index (χ0v) is 42.9. The van der Waals surface area contributed by atoms with Crippen LogP contribution in [0.3, 0.4) is 0 Å². The Morgan fingerprint density at radius 1 is 0.507 bits per heavy atom. The molecule has 0 aromatic carbocycles. The third-order valence-electron chi connectivity index (χ3n) is 12.2. The van der Waals surface area contributed by atoms with Crippen LogP contribution in [0, 0.1) is 0 Å². The molecule has 2 heterocycles. The number of ether oxygens (including phenoxy) is 4. The van der Waals surface area contributed by atoms with Gasteiger partial charge < -0.3 is 65.1 Å². The van der Waals surface area contributed by atoms with Gasteiger partial charge in [-0.05, 0) is 89.9 Å². The molecule has 71 heavy (non-hydrogen) atoms. The van der Waals surface area contributed by atoms with Gasteiger partial charge in [0.2, 0.25) is 5.91 Å². The highest BCUT2D eigenvalue weighted by molar-refractivity contribution is 5.76. The fourth-order valence-electron chi connectivity index (χ4n) is 7.92. The summed E-state index contributed by atoms with van der Waals surface area (Å²) in [4.78, 5) is 13.2. The van der Waals surface area contributed by atoms with Crippen LogP contribution in [0.4, 0.5) is 0 Å². The number of hydrogen-bond donors (Lipinski definition) is 9. The van der Waals surface area contributed by atoms with Gasteiger partial charge in [-0.3, -0.25) is 4.79 Å². The first-order chi connectivity index (χ1) is 34.6. The molecule has 2 fully saturated rings. The molecule has 0 bridgehead atoms. The van der Waals surface area contributed by atoms with Crippen LogP contribution in [-0.2, 0) is 23.7 Å². The molecule has 2 aliphatic heterocycles. The van der Waals surface area contributed by atoms with E-state index < -0.39 is 86.8 Å². The second-order valence-corrected chi connectivity index (χ2v) is 18.2. The van der Waals surface area contributed by atoms with Gasteiger partial charge in [-0.15, -0.1) is 0 Å². The monoisotopic (exact) mass is 1000 g/mol. The molecule has 0 spiro atoms. The maximum Gasteiger partial charge on any atom is 0.220 e. The van der Waals surface area contributed by atoms with E-state index in [2.05, 4.69) is 116 Å². The summed E-state index contributed by atoms with van der Waals surface area (Å²) in [5, 5.41) is 86.6. The first-order valence-electron chi connectivity index (χ1n) is 26.6. The lowest BCUT2D eigenvalue weighted by Crippen LogP contribution is -2.65. The van der Waals surface area contributed by atoms with Gasteiger partial charge in [-0.2, -0.15) is 0 Å². The molecule has 0 aromatic rings. The highest BCUT2D eigenvalue weighted by Crippen LogP contribution is 2.30. The van der Waals surface area contributed by atoms with Crippen LogP contribution in [0.25, 0.3) is 0 Å². The number of aliphatic hydroxyl groups excluding tert-OH is 8. The topological polar surface area (TPSA) is 228 Å². The van der Waals surface area contributed by atoms with Crippen LogP contribution >= 0.6 is 0 Å². The molecule has 14 heteroatoms. The van der Waals surface area contributed by atoms with E-state index in [-0.39, 0.29) is 18.9 Å². The molecule has 1 amide bonds. The normalized spacial score (nSPS) is 26.7. The van der Waals surface area contributed by atoms with E-state index in [1.807, 2.05) is 6.08 Å². The average molecular weight is 1000 g/mol. The minimum atomic E-state index is -1.80. The molecule has 0 saturated carbocycles. The molecule has 0 aliphatic carbocycles. The van der Waals surface area contributed by atoms with Crippen molar-refractivity contribution in [1.29, 1.82) is 0 Å². The summed E-state index contributed by atoms with van der Waals surface area (Å²) in [5.41, 5.74) is 0. The molecule has 12 atom stereocenters. The number of amides is 1. The summed E-state index contributed by atoms with van der Waals surface area (Å²) in [7, 11) is 0. The van der Waals surface area contributed by atoms with Gasteiger partial charge >= 0.3 is 0 Å². The Balaban J connectivity index is 1.75. The van der Waals surface area contributed by atoms with Crippen LogP contribution in [0.15, 0.2) is 109 Å². The minimum absolute atomic E-state index is 0.252. The van der Waals surface area contributed by atoms with Crippen LogP contribution in [0.2, 0.25) is 0 Å². The standard InChI is InChI=1S/C57H93NO13/c1-3-5-7-9-11-13-15-16-17-18-19-20-21-22-23-24-25-26-27-28-29-30-31-33-35-37-39-41-49(62)58-45(46(61)40-38-36-34-32-14-12-10-8-6-4-2)44-68-56-54(67)52(65)55(48(43-60)70-56)71-57-53(66)51(64)50(63)47(42-59)69-57/h5-8,11,13-14,16-17,19-20,22-23,25-26,32,38,40,45-48,50-57,59-61,63-67H,3-4,9-10,12,15,18,21,24,27-31,33-37,39,41-44H2,1-2H3,(H,58,62)/b7-5-,8-6+,13-11-,17-16-,20-19-,23-22-,26-25-,32-14+,40-38+. The van der Waals surface area contributed by atoms with Gasteiger partial charge in [0.25, 0.3) is 0 Å². The third kappa shape index (κ3) is 28.6. The Bertz CT molecular complexity index is 1600. The van der Waals surface area contributed by atoms with E-state index in [1.54, 1.807) is 6.08 Å². The predicted molar refractivity (Wildman–Crippen MR) is 281 cm³/mol. The molecule has 0 radical (unpaired) electrons. The lowest BCUT2D eigenvalue weighted by Gasteiger charge is -2.46. The molecule has 2 saturated heterocycles. The van der Waals surface area contributed by atoms with Crippen LogP contribution in [0.5, 0.6) is 0 Å². The smallest absolute Gasteiger partial charge is 0.220 e. The molecular formula is C57H93NO13. The summed E-state index contributed by atoms with van der Waals surface area (Å²) < 4.78 is 22.6. The number of unbranched alkanes of at least 4 members (excludes halogenated alkanes) is 10.